The Balaban J connectivity index is 2.28. The summed E-state index contributed by atoms with van der Waals surface area (Å²) in [5.74, 6) is -2.11. The third-order valence-corrected chi connectivity index (χ3v) is 5.10. The Hall–Kier alpha value is -2.14. The molecule has 0 amide bonds. The van der Waals surface area contributed by atoms with Crippen molar-refractivity contribution in [3.05, 3.63) is 29.1 Å². The highest BCUT2D eigenvalue weighted by Crippen LogP contribution is 2.45. The van der Waals surface area contributed by atoms with Crippen LogP contribution < -0.4 is 5.73 Å². The van der Waals surface area contributed by atoms with Crippen LogP contribution in [0.1, 0.15) is 55.5 Å². The van der Waals surface area contributed by atoms with Crippen LogP contribution in [0.5, 0.6) is 0 Å². The number of nitrogens with zero attached hydrogens (tertiary/aromatic N) is 3. The van der Waals surface area contributed by atoms with Crippen LogP contribution in [0.3, 0.4) is 0 Å². The molecule has 0 spiro atoms. The van der Waals surface area contributed by atoms with Gasteiger partial charge in [-0.1, -0.05) is 19.9 Å². The number of benzene rings is 1. The van der Waals surface area contributed by atoms with Crippen LogP contribution in [0.2, 0.25) is 0 Å². The quantitative estimate of drug-likeness (QED) is 0.776. The van der Waals surface area contributed by atoms with Crippen LogP contribution in [0.4, 0.5) is 19.1 Å². The minimum Gasteiger partial charge on any atom is -0.368 e. The summed E-state index contributed by atoms with van der Waals surface area (Å²) < 4.78 is 72.5. The van der Waals surface area contributed by atoms with E-state index < -0.39 is 28.1 Å². The predicted molar refractivity (Wildman–Crippen MR) is 86.7 cm³/mol. The first-order chi connectivity index (χ1) is 11.9. The first kappa shape index (κ1) is 18.6. The van der Waals surface area contributed by atoms with Gasteiger partial charge in [-0.3, -0.25) is 4.55 Å². The summed E-state index contributed by atoms with van der Waals surface area (Å²) in [4.78, 5) is 2.87. The minimum absolute atomic E-state index is 0.00250. The fourth-order valence-corrected chi connectivity index (χ4v) is 3.59. The van der Waals surface area contributed by atoms with Gasteiger partial charge in [-0.2, -0.15) is 31.3 Å². The molecule has 2 aromatic rings. The zero-order valence-electron chi connectivity index (χ0n) is 13.9. The van der Waals surface area contributed by atoms with E-state index in [-0.39, 0.29) is 22.4 Å². The molecule has 1 aromatic heterocycles. The molecule has 0 atom stereocenters. The van der Waals surface area contributed by atoms with E-state index in [2.05, 4.69) is 10.1 Å². The number of hydrogen-bond acceptors (Lipinski definition) is 5. The Bertz CT molecular complexity index is 963. The number of nitrogens with two attached hydrogens (primary N) is 1. The second-order valence-electron chi connectivity index (χ2n) is 6.56. The number of hydrogen-bond donors (Lipinski definition) is 2. The maximum Gasteiger partial charge on any atom is 0.453 e. The molecule has 0 saturated heterocycles. The van der Waals surface area contributed by atoms with Gasteiger partial charge in [0.2, 0.25) is 5.95 Å². The maximum absolute atomic E-state index is 12.9. The third kappa shape index (κ3) is 3.40. The highest BCUT2D eigenvalue weighted by molar-refractivity contribution is 7.85. The molecule has 3 rings (SSSR count). The molecule has 0 bridgehead atoms. The normalized spacial score (nSPS) is 15.7. The Kier molecular flexibility index (Phi) is 4.26. The number of alkyl halides is 3. The van der Waals surface area contributed by atoms with E-state index in [4.69, 9.17) is 5.73 Å². The average Bonchev–Trinajstić information content (AvgIpc) is 3.26. The molecule has 0 unspecified atom stereocenters. The molecular formula is C15H17F3N4O3S. The molecule has 1 heterocycles. The largest absolute Gasteiger partial charge is 0.453 e. The highest BCUT2D eigenvalue weighted by atomic mass is 32.2. The Morgan fingerprint density at radius 2 is 1.92 bits per heavy atom. The summed E-state index contributed by atoms with van der Waals surface area (Å²) in [7, 11) is -4.57. The van der Waals surface area contributed by atoms with Crippen molar-refractivity contribution in [2.75, 3.05) is 5.73 Å². The summed E-state index contributed by atoms with van der Waals surface area (Å²) in [6, 6.07) is 2.71. The Morgan fingerprint density at radius 1 is 1.31 bits per heavy atom. The van der Waals surface area contributed by atoms with E-state index in [1.807, 2.05) is 0 Å². The molecule has 142 valence electrons. The van der Waals surface area contributed by atoms with Gasteiger partial charge >= 0.3 is 6.18 Å². The first-order valence-electron chi connectivity index (χ1n) is 7.85. The van der Waals surface area contributed by atoms with Gasteiger partial charge < -0.3 is 5.73 Å². The van der Waals surface area contributed by atoms with Crippen molar-refractivity contribution < 1.29 is 26.1 Å². The summed E-state index contributed by atoms with van der Waals surface area (Å²) in [6.07, 6.45) is -3.23. The lowest BCUT2D eigenvalue weighted by molar-refractivity contribution is -0.144. The standard InChI is InChI=1S/C15H17F3N4O3S/c1-7(2)9-5-10(8-3-4-8)12(26(23,24)25)6-11(9)22-14(19)20-13(21-22)15(16,17)18/h5-8H,3-4H2,1-2H3,(H2,19,20,21)(H,23,24,25). The zero-order valence-corrected chi connectivity index (χ0v) is 14.8. The average molecular weight is 390 g/mol. The fourth-order valence-electron chi connectivity index (χ4n) is 2.81. The number of nitrogen functional groups attached to an aromatic ring is 1. The zero-order chi connectivity index (χ0) is 19.4. The van der Waals surface area contributed by atoms with Gasteiger partial charge in [0.25, 0.3) is 15.9 Å². The lowest BCUT2D eigenvalue weighted by Gasteiger charge is -2.17. The van der Waals surface area contributed by atoms with Crippen LogP contribution >= 0.6 is 0 Å². The van der Waals surface area contributed by atoms with Crippen molar-refractivity contribution in [2.24, 2.45) is 0 Å². The molecule has 3 N–H and O–H groups in total. The first-order valence-corrected chi connectivity index (χ1v) is 9.29. The Morgan fingerprint density at radius 3 is 2.35 bits per heavy atom. The molecule has 11 heteroatoms. The molecule has 7 nitrogen and oxygen atoms in total. The van der Waals surface area contributed by atoms with Crippen LogP contribution in [0.25, 0.3) is 5.69 Å². The van der Waals surface area contributed by atoms with Gasteiger partial charge in [-0.25, -0.2) is 0 Å². The van der Waals surface area contributed by atoms with Crippen LogP contribution in [-0.4, -0.2) is 27.7 Å². The van der Waals surface area contributed by atoms with Gasteiger partial charge in [0, 0.05) is 0 Å². The number of rotatable bonds is 4. The van der Waals surface area contributed by atoms with Crippen molar-refractivity contribution in [2.45, 2.75) is 49.6 Å². The molecule has 26 heavy (non-hydrogen) atoms. The van der Waals surface area contributed by atoms with E-state index in [0.29, 0.717) is 11.1 Å². The summed E-state index contributed by atoms with van der Waals surface area (Å²) in [5.41, 5.74) is 6.64. The lowest BCUT2D eigenvalue weighted by Crippen LogP contribution is -2.12. The monoisotopic (exact) mass is 390 g/mol. The van der Waals surface area contributed by atoms with E-state index in [0.717, 1.165) is 23.6 Å². The molecule has 1 fully saturated rings. The molecular weight excluding hydrogens is 373 g/mol. The SMILES string of the molecule is CC(C)c1cc(C2CC2)c(S(=O)(=O)O)cc1-n1nc(C(F)(F)F)nc1N. The molecule has 1 aromatic carbocycles. The van der Waals surface area contributed by atoms with E-state index >= 15 is 0 Å². The highest BCUT2D eigenvalue weighted by Gasteiger charge is 2.38. The van der Waals surface area contributed by atoms with Crippen LogP contribution in [0, 0.1) is 0 Å². The molecule has 0 radical (unpaired) electrons. The second kappa shape index (κ2) is 5.95. The summed E-state index contributed by atoms with van der Waals surface area (Å²) >= 11 is 0. The summed E-state index contributed by atoms with van der Waals surface area (Å²) in [5, 5.41) is 3.39. The van der Waals surface area contributed by atoms with Crippen molar-refractivity contribution in [1.29, 1.82) is 0 Å². The molecule has 1 saturated carbocycles. The van der Waals surface area contributed by atoms with Crippen LogP contribution in [-0.2, 0) is 16.3 Å². The number of aromatic nitrogens is 3. The number of halogens is 3. The van der Waals surface area contributed by atoms with E-state index in [1.54, 1.807) is 19.9 Å². The van der Waals surface area contributed by atoms with Crippen LogP contribution in [0.15, 0.2) is 17.0 Å². The van der Waals surface area contributed by atoms with Gasteiger partial charge in [-0.05, 0) is 41.9 Å². The van der Waals surface area contributed by atoms with Gasteiger partial charge in [-0.15, -0.1) is 5.10 Å². The van der Waals surface area contributed by atoms with Gasteiger partial charge in [0.15, 0.2) is 0 Å². The molecule has 0 aliphatic heterocycles. The summed E-state index contributed by atoms with van der Waals surface area (Å²) in [6.45, 7) is 3.61. The lowest BCUT2D eigenvalue weighted by atomic mass is 9.96. The topological polar surface area (TPSA) is 111 Å². The van der Waals surface area contributed by atoms with E-state index in [9.17, 15) is 26.1 Å². The van der Waals surface area contributed by atoms with E-state index in [1.165, 1.54) is 0 Å². The smallest absolute Gasteiger partial charge is 0.368 e. The molecule has 1 aliphatic rings. The van der Waals surface area contributed by atoms with Gasteiger partial charge in [0.1, 0.15) is 0 Å². The van der Waals surface area contributed by atoms with Crippen molar-refractivity contribution >= 4 is 16.1 Å². The van der Waals surface area contributed by atoms with Crippen molar-refractivity contribution in [1.82, 2.24) is 14.8 Å². The fraction of sp³-hybridized carbons (Fsp3) is 0.467. The minimum atomic E-state index is -4.79. The van der Waals surface area contributed by atoms with Crippen molar-refractivity contribution in [3.8, 4) is 5.69 Å². The Labute approximate surface area is 147 Å². The van der Waals surface area contributed by atoms with Gasteiger partial charge in [0.05, 0.1) is 10.6 Å². The molecule has 1 aliphatic carbocycles. The second-order valence-corrected chi connectivity index (χ2v) is 7.95. The van der Waals surface area contributed by atoms with Crippen molar-refractivity contribution in [3.63, 3.8) is 0 Å². The number of anilines is 1. The third-order valence-electron chi connectivity index (χ3n) is 4.19. The predicted octanol–water partition coefficient (Wildman–Crippen LogP) is 3.12. The maximum atomic E-state index is 12.9.